The van der Waals surface area contributed by atoms with Gasteiger partial charge in [0.15, 0.2) is 0 Å². The highest BCUT2D eigenvalue weighted by Gasteiger charge is 2.35. The molecule has 0 amide bonds. The Kier molecular flexibility index (Phi) is 3.45. The van der Waals surface area contributed by atoms with Gasteiger partial charge in [-0.05, 0) is 47.4 Å². The molecule has 0 saturated heterocycles. The molecule has 0 aliphatic heterocycles. The molecule has 0 fully saturated rings. The molecule has 2 aromatic carbocycles. The van der Waals surface area contributed by atoms with E-state index in [1.165, 1.54) is 22.3 Å². The summed E-state index contributed by atoms with van der Waals surface area (Å²) in [6.45, 7) is 11.2. The SMILES string of the molecule is C=C(OCC)c1ccc2c(c1)C(C)(C)c1cc(Br)ccc1-2. The summed E-state index contributed by atoms with van der Waals surface area (Å²) in [5, 5.41) is 0. The zero-order chi connectivity index (χ0) is 15.2. The molecule has 0 bridgehead atoms. The lowest BCUT2D eigenvalue weighted by atomic mass is 9.82. The fourth-order valence-corrected chi connectivity index (χ4v) is 3.50. The Morgan fingerprint density at radius 2 is 1.71 bits per heavy atom. The lowest BCUT2D eigenvalue weighted by molar-refractivity contribution is 0.299. The molecule has 0 spiro atoms. The van der Waals surface area contributed by atoms with Crippen LogP contribution in [0, 0.1) is 0 Å². The molecule has 108 valence electrons. The fraction of sp³-hybridized carbons (Fsp3) is 0.263. The van der Waals surface area contributed by atoms with Crippen molar-refractivity contribution in [3.63, 3.8) is 0 Å². The molecule has 0 aromatic heterocycles. The van der Waals surface area contributed by atoms with Crippen LogP contribution in [0.3, 0.4) is 0 Å². The van der Waals surface area contributed by atoms with Crippen molar-refractivity contribution in [1.82, 2.24) is 0 Å². The van der Waals surface area contributed by atoms with Crippen LogP contribution in [-0.2, 0) is 10.2 Å². The van der Waals surface area contributed by atoms with Crippen molar-refractivity contribution in [1.29, 1.82) is 0 Å². The van der Waals surface area contributed by atoms with E-state index < -0.39 is 0 Å². The van der Waals surface area contributed by atoms with Crippen LogP contribution in [0.15, 0.2) is 47.4 Å². The Hall–Kier alpha value is -1.54. The highest BCUT2D eigenvalue weighted by atomic mass is 79.9. The summed E-state index contributed by atoms with van der Waals surface area (Å²) in [6.07, 6.45) is 0. The molecule has 1 aliphatic carbocycles. The molecule has 0 unspecified atom stereocenters. The fourth-order valence-electron chi connectivity index (χ4n) is 3.14. The van der Waals surface area contributed by atoms with Gasteiger partial charge >= 0.3 is 0 Å². The number of rotatable bonds is 3. The van der Waals surface area contributed by atoms with Gasteiger partial charge in [-0.3, -0.25) is 0 Å². The minimum atomic E-state index is -0.00302. The number of hydrogen-bond donors (Lipinski definition) is 0. The van der Waals surface area contributed by atoms with Crippen molar-refractivity contribution in [2.45, 2.75) is 26.2 Å². The van der Waals surface area contributed by atoms with E-state index in [4.69, 9.17) is 4.74 Å². The minimum Gasteiger partial charge on any atom is -0.494 e. The second-order valence-corrected chi connectivity index (χ2v) is 6.85. The van der Waals surface area contributed by atoms with Gasteiger partial charge in [-0.1, -0.05) is 54.6 Å². The second kappa shape index (κ2) is 5.03. The summed E-state index contributed by atoms with van der Waals surface area (Å²) < 4.78 is 6.68. The Labute approximate surface area is 134 Å². The van der Waals surface area contributed by atoms with Gasteiger partial charge in [-0.25, -0.2) is 0 Å². The molecule has 0 heterocycles. The van der Waals surface area contributed by atoms with Gasteiger partial charge < -0.3 is 4.74 Å². The van der Waals surface area contributed by atoms with Gasteiger partial charge in [0.05, 0.1) is 6.61 Å². The molecule has 1 aliphatic rings. The van der Waals surface area contributed by atoms with Crippen molar-refractivity contribution in [3.05, 3.63) is 64.1 Å². The van der Waals surface area contributed by atoms with Crippen molar-refractivity contribution >= 4 is 21.7 Å². The van der Waals surface area contributed by atoms with Crippen LogP contribution in [0.25, 0.3) is 16.9 Å². The molecule has 0 saturated carbocycles. The maximum absolute atomic E-state index is 5.55. The number of halogens is 1. The Morgan fingerprint density at radius 1 is 1.10 bits per heavy atom. The third-order valence-corrected chi connectivity index (χ3v) is 4.77. The Bertz CT molecular complexity index is 728. The quantitative estimate of drug-likeness (QED) is 0.644. The predicted octanol–water partition coefficient (Wildman–Crippen LogP) is 5.76. The van der Waals surface area contributed by atoms with E-state index >= 15 is 0 Å². The zero-order valence-corrected chi connectivity index (χ0v) is 14.3. The summed E-state index contributed by atoms with van der Waals surface area (Å²) in [4.78, 5) is 0. The maximum atomic E-state index is 5.55. The van der Waals surface area contributed by atoms with Crippen molar-refractivity contribution in [2.24, 2.45) is 0 Å². The highest BCUT2D eigenvalue weighted by molar-refractivity contribution is 9.10. The van der Waals surface area contributed by atoms with Crippen LogP contribution < -0.4 is 0 Å². The van der Waals surface area contributed by atoms with Gasteiger partial charge in [0, 0.05) is 15.5 Å². The lowest BCUT2D eigenvalue weighted by Gasteiger charge is -2.22. The highest BCUT2D eigenvalue weighted by Crippen LogP contribution is 2.49. The summed E-state index contributed by atoms with van der Waals surface area (Å²) >= 11 is 3.59. The van der Waals surface area contributed by atoms with E-state index in [9.17, 15) is 0 Å². The predicted molar refractivity (Wildman–Crippen MR) is 92.4 cm³/mol. The number of hydrogen-bond acceptors (Lipinski definition) is 1. The topological polar surface area (TPSA) is 9.23 Å². The first kappa shape index (κ1) is 14.4. The number of benzene rings is 2. The third kappa shape index (κ3) is 2.22. The zero-order valence-electron chi connectivity index (χ0n) is 12.7. The molecular weight excluding hydrogens is 324 g/mol. The molecule has 21 heavy (non-hydrogen) atoms. The first-order chi connectivity index (χ1) is 9.95. The molecule has 2 aromatic rings. The van der Waals surface area contributed by atoms with Gasteiger partial charge in [0.1, 0.15) is 5.76 Å². The monoisotopic (exact) mass is 342 g/mol. The molecule has 0 N–H and O–H groups in total. The molecule has 0 atom stereocenters. The van der Waals surface area contributed by atoms with Crippen LogP contribution in [0.1, 0.15) is 37.5 Å². The van der Waals surface area contributed by atoms with Crippen LogP contribution >= 0.6 is 15.9 Å². The second-order valence-electron chi connectivity index (χ2n) is 5.93. The first-order valence-electron chi connectivity index (χ1n) is 7.22. The van der Waals surface area contributed by atoms with Crippen LogP contribution in [-0.4, -0.2) is 6.61 Å². The lowest BCUT2D eigenvalue weighted by Crippen LogP contribution is -2.15. The maximum Gasteiger partial charge on any atom is 0.119 e. The smallest absolute Gasteiger partial charge is 0.119 e. The van der Waals surface area contributed by atoms with Gasteiger partial charge in [0.2, 0.25) is 0 Å². The van der Waals surface area contributed by atoms with E-state index in [1.807, 2.05) is 6.92 Å². The number of fused-ring (bicyclic) bond motifs is 3. The van der Waals surface area contributed by atoms with Gasteiger partial charge in [0.25, 0.3) is 0 Å². The first-order valence-corrected chi connectivity index (χ1v) is 8.01. The molecule has 1 nitrogen and oxygen atoms in total. The molecule has 3 rings (SSSR count). The van der Waals surface area contributed by atoms with Gasteiger partial charge in [-0.15, -0.1) is 0 Å². The summed E-state index contributed by atoms with van der Waals surface area (Å²) in [5.74, 6) is 0.744. The van der Waals surface area contributed by atoms with E-state index in [0.29, 0.717) is 6.61 Å². The van der Waals surface area contributed by atoms with Crippen LogP contribution in [0.4, 0.5) is 0 Å². The van der Waals surface area contributed by atoms with E-state index in [-0.39, 0.29) is 5.41 Å². The average molecular weight is 343 g/mol. The normalized spacial score (nSPS) is 14.5. The van der Waals surface area contributed by atoms with Crippen molar-refractivity contribution in [2.75, 3.05) is 6.61 Å². The van der Waals surface area contributed by atoms with Crippen molar-refractivity contribution < 1.29 is 4.74 Å². The van der Waals surface area contributed by atoms with E-state index in [1.54, 1.807) is 0 Å². The molecule has 2 heteroatoms. The summed E-state index contributed by atoms with van der Waals surface area (Å²) in [5.41, 5.74) is 6.41. The van der Waals surface area contributed by atoms with Crippen LogP contribution in [0.2, 0.25) is 0 Å². The Balaban J connectivity index is 2.16. The Morgan fingerprint density at radius 3 is 2.38 bits per heavy atom. The van der Waals surface area contributed by atoms with E-state index in [2.05, 4.69) is 72.8 Å². The third-order valence-electron chi connectivity index (χ3n) is 4.28. The summed E-state index contributed by atoms with van der Waals surface area (Å²) in [7, 11) is 0. The summed E-state index contributed by atoms with van der Waals surface area (Å²) in [6, 6.07) is 13.1. The molecule has 0 radical (unpaired) electrons. The van der Waals surface area contributed by atoms with Crippen molar-refractivity contribution in [3.8, 4) is 11.1 Å². The standard InChI is InChI=1S/C19H19BrO/c1-5-21-12(2)13-6-8-15-16-9-7-14(20)11-18(16)19(3,4)17(15)10-13/h6-11H,2,5H2,1,3-4H3. The average Bonchev–Trinajstić information content (AvgIpc) is 2.67. The largest absolute Gasteiger partial charge is 0.494 e. The van der Waals surface area contributed by atoms with Gasteiger partial charge in [-0.2, -0.15) is 0 Å². The minimum absolute atomic E-state index is 0.00302. The van der Waals surface area contributed by atoms with E-state index in [0.717, 1.165) is 15.8 Å². The molecular formula is C19H19BrO. The van der Waals surface area contributed by atoms with Crippen LogP contribution in [0.5, 0.6) is 0 Å². The number of ether oxygens (including phenoxy) is 1.